The lowest BCUT2D eigenvalue weighted by Crippen LogP contribution is -2.16. The first-order chi connectivity index (χ1) is 25.9. The molecule has 5 nitrogen and oxygen atoms in total. The van der Waals surface area contributed by atoms with Gasteiger partial charge in [0, 0.05) is 34.7 Å². The highest BCUT2D eigenvalue weighted by atomic mass is 16.5. The molecule has 0 N–H and O–H groups in total. The van der Waals surface area contributed by atoms with E-state index in [1.54, 1.807) is 0 Å². The molecule has 3 heterocycles. The Morgan fingerprint density at radius 3 is 1.93 bits per heavy atom. The minimum atomic E-state index is 0.0107. The van der Waals surface area contributed by atoms with E-state index in [2.05, 4.69) is 190 Å². The van der Waals surface area contributed by atoms with Crippen molar-refractivity contribution < 1.29 is 4.74 Å². The largest absolute Gasteiger partial charge is 0.457 e. The fraction of sp³-hybridized carbons (Fsp3) is 0.360. The van der Waals surface area contributed by atoms with E-state index in [4.69, 9.17) is 14.8 Å². The van der Waals surface area contributed by atoms with Gasteiger partial charge in [0.25, 0.3) is 0 Å². The van der Waals surface area contributed by atoms with Gasteiger partial charge in [-0.3, -0.25) is 4.57 Å². The van der Waals surface area contributed by atoms with E-state index in [1.165, 1.54) is 44.3 Å². The summed E-state index contributed by atoms with van der Waals surface area (Å²) in [6.45, 7) is 29.5. The lowest BCUT2D eigenvalue weighted by atomic mass is 9.78. The monoisotopic (exact) mass is 730 g/mol. The van der Waals surface area contributed by atoms with Crippen molar-refractivity contribution in [1.29, 1.82) is 0 Å². The minimum absolute atomic E-state index is 0.0107. The van der Waals surface area contributed by atoms with Crippen LogP contribution in [-0.2, 0) is 10.8 Å². The molecule has 4 aromatic carbocycles. The molecule has 0 atom stereocenters. The van der Waals surface area contributed by atoms with Gasteiger partial charge in [-0.25, -0.2) is 9.67 Å². The standard InChI is InChI=1S/C50H58N4O/c1-30(2)34-20-21-51-45(26-34)53-43-17-15-14-16-41(43)42-19-18-39(29-44(42)53)55-40-23-33(7)22-38(28-40)54-48(32(5)6)46(47(52-54)31(3)4)35-24-36(49(8,9)10)27-37(25-35)50(11,12)13/h14-32H,1-13H3. The second kappa shape index (κ2) is 14.2. The zero-order chi connectivity index (χ0) is 39.6. The summed E-state index contributed by atoms with van der Waals surface area (Å²) in [4.78, 5) is 4.85. The first kappa shape index (κ1) is 38.1. The number of hydrogen-bond donors (Lipinski definition) is 0. The maximum Gasteiger partial charge on any atom is 0.137 e. The molecule has 0 saturated carbocycles. The average Bonchev–Trinajstić information content (AvgIpc) is 3.68. The van der Waals surface area contributed by atoms with Gasteiger partial charge in [0.15, 0.2) is 0 Å². The summed E-state index contributed by atoms with van der Waals surface area (Å²) in [5, 5.41) is 7.79. The Labute approximate surface area is 328 Å². The molecule has 0 aliphatic carbocycles. The van der Waals surface area contributed by atoms with Crippen LogP contribution in [0.25, 0.3) is 44.4 Å². The molecule has 7 rings (SSSR count). The Balaban J connectivity index is 1.36. The maximum absolute atomic E-state index is 6.78. The van der Waals surface area contributed by atoms with E-state index in [-0.39, 0.29) is 22.7 Å². The third-order valence-corrected chi connectivity index (χ3v) is 10.8. The molecule has 0 amide bonds. The van der Waals surface area contributed by atoms with E-state index in [9.17, 15) is 0 Å². The second-order valence-electron chi connectivity index (χ2n) is 18.4. The number of para-hydroxylation sites is 1. The van der Waals surface area contributed by atoms with Crippen molar-refractivity contribution in [3.8, 4) is 34.1 Å². The molecular formula is C50H58N4O. The van der Waals surface area contributed by atoms with Gasteiger partial charge in [-0.1, -0.05) is 119 Å². The van der Waals surface area contributed by atoms with Crippen LogP contribution in [0.15, 0.2) is 97.2 Å². The zero-order valence-corrected chi connectivity index (χ0v) is 35.2. The Morgan fingerprint density at radius 2 is 1.29 bits per heavy atom. The average molecular weight is 731 g/mol. The minimum Gasteiger partial charge on any atom is -0.457 e. The highest BCUT2D eigenvalue weighted by Crippen LogP contribution is 2.42. The summed E-state index contributed by atoms with van der Waals surface area (Å²) >= 11 is 0. The molecule has 7 aromatic rings. The van der Waals surface area contributed by atoms with Gasteiger partial charge in [-0.2, -0.15) is 5.10 Å². The van der Waals surface area contributed by atoms with Gasteiger partial charge in [0.1, 0.15) is 17.3 Å². The molecule has 0 saturated heterocycles. The molecule has 0 aliphatic rings. The molecule has 3 aromatic heterocycles. The summed E-state index contributed by atoms with van der Waals surface area (Å²) in [6.07, 6.45) is 1.92. The van der Waals surface area contributed by atoms with Crippen LogP contribution >= 0.6 is 0 Å². The number of rotatable bonds is 8. The molecular weight excluding hydrogens is 673 g/mol. The Kier molecular flexibility index (Phi) is 9.82. The number of pyridine rings is 1. The van der Waals surface area contributed by atoms with E-state index in [0.29, 0.717) is 5.92 Å². The number of fused-ring (bicyclic) bond motifs is 3. The first-order valence-corrected chi connectivity index (χ1v) is 20.0. The second-order valence-corrected chi connectivity index (χ2v) is 18.4. The summed E-state index contributed by atoms with van der Waals surface area (Å²) in [6, 6.07) is 33.0. The number of hydrogen-bond acceptors (Lipinski definition) is 3. The van der Waals surface area contributed by atoms with E-state index in [1.807, 2.05) is 6.20 Å². The molecule has 0 radical (unpaired) electrons. The van der Waals surface area contributed by atoms with Crippen LogP contribution in [0.1, 0.15) is 134 Å². The van der Waals surface area contributed by atoms with Crippen molar-refractivity contribution in [3.05, 3.63) is 131 Å². The van der Waals surface area contributed by atoms with Crippen molar-refractivity contribution in [1.82, 2.24) is 19.3 Å². The van der Waals surface area contributed by atoms with Gasteiger partial charge in [-0.15, -0.1) is 0 Å². The molecule has 5 heteroatoms. The van der Waals surface area contributed by atoms with Crippen LogP contribution in [0.4, 0.5) is 0 Å². The van der Waals surface area contributed by atoms with Crippen molar-refractivity contribution in [3.63, 3.8) is 0 Å². The lowest BCUT2D eigenvalue weighted by molar-refractivity contribution is 0.482. The summed E-state index contributed by atoms with van der Waals surface area (Å²) in [5.74, 6) is 3.32. The van der Waals surface area contributed by atoms with E-state index < -0.39 is 0 Å². The van der Waals surface area contributed by atoms with Gasteiger partial charge < -0.3 is 4.74 Å². The quantitative estimate of drug-likeness (QED) is 0.156. The van der Waals surface area contributed by atoms with E-state index >= 15 is 0 Å². The third kappa shape index (κ3) is 7.34. The van der Waals surface area contributed by atoms with Crippen LogP contribution in [0, 0.1) is 6.92 Å². The number of nitrogens with zero attached hydrogens (tertiary/aromatic N) is 4. The number of aryl methyl sites for hydroxylation is 1. The smallest absolute Gasteiger partial charge is 0.137 e. The Hall–Kier alpha value is -5.16. The van der Waals surface area contributed by atoms with Crippen LogP contribution < -0.4 is 4.74 Å². The molecule has 0 aliphatic heterocycles. The molecule has 0 fully saturated rings. The molecule has 0 spiro atoms. The lowest BCUT2D eigenvalue weighted by Gasteiger charge is -2.27. The van der Waals surface area contributed by atoms with Crippen LogP contribution in [0.3, 0.4) is 0 Å². The molecule has 0 bridgehead atoms. The number of ether oxygens (including phenoxy) is 1. The van der Waals surface area contributed by atoms with Gasteiger partial charge in [-0.05, 0) is 106 Å². The van der Waals surface area contributed by atoms with Gasteiger partial charge in [0.05, 0.1) is 28.1 Å². The van der Waals surface area contributed by atoms with Crippen LogP contribution in [-0.4, -0.2) is 19.3 Å². The van der Waals surface area contributed by atoms with Crippen molar-refractivity contribution in [2.75, 3.05) is 0 Å². The Morgan fingerprint density at radius 1 is 0.618 bits per heavy atom. The molecule has 55 heavy (non-hydrogen) atoms. The topological polar surface area (TPSA) is 44.9 Å². The van der Waals surface area contributed by atoms with Crippen molar-refractivity contribution >= 4 is 21.8 Å². The molecule has 0 unspecified atom stereocenters. The molecule has 284 valence electrons. The van der Waals surface area contributed by atoms with Crippen LogP contribution in [0.5, 0.6) is 11.5 Å². The predicted molar refractivity (Wildman–Crippen MR) is 232 cm³/mol. The van der Waals surface area contributed by atoms with Crippen LogP contribution in [0.2, 0.25) is 0 Å². The summed E-state index contributed by atoms with van der Waals surface area (Å²) in [5.41, 5.74) is 13.1. The predicted octanol–water partition coefficient (Wildman–Crippen LogP) is 14.1. The van der Waals surface area contributed by atoms with Gasteiger partial charge >= 0.3 is 0 Å². The van der Waals surface area contributed by atoms with Crippen molar-refractivity contribution in [2.24, 2.45) is 0 Å². The number of aromatic nitrogens is 4. The summed E-state index contributed by atoms with van der Waals surface area (Å²) in [7, 11) is 0. The fourth-order valence-electron chi connectivity index (χ4n) is 7.74. The number of benzene rings is 4. The maximum atomic E-state index is 6.78. The van der Waals surface area contributed by atoms with Gasteiger partial charge in [0.2, 0.25) is 0 Å². The summed E-state index contributed by atoms with van der Waals surface area (Å²) < 4.78 is 11.2. The third-order valence-electron chi connectivity index (χ3n) is 10.8. The normalized spacial score (nSPS) is 12.6. The highest BCUT2D eigenvalue weighted by Gasteiger charge is 2.28. The van der Waals surface area contributed by atoms with E-state index in [0.717, 1.165) is 45.3 Å². The highest BCUT2D eigenvalue weighted by molar-refractivity contribution is 6.09. The van der Waals surface area contributed by atoms with Crippen molar-refractivity contribution in [2.45, 2.75) is 119 Å². The Bertz CT molecular complexity index is 2500. The zero-order valence-electron chi connectivity index (χ0n) is 35.2. The SMILES string of the molecule is Cc1cc(Oc2ccc3c4ccccc4n(-c4cc(C(C)C)ccn4)c3c2)cc(-n2nc(C(C)C)c(-c3cc(C(C)(C)C)cc(C(C)(C)C)c3)c2C(C)C)c1. The fourth-order valence-corrected chi connectivity index (χ4v) is 7.74. The first-order valence-electron chi connectivity index (χ1n) is 20.0.